The third-order valence-corrected chi connectivity index (χ3v) is 3.78. The van der Waals surface area contributed by atoms with E-state index in [1.807, 2.05) is 56.3 Å². The number of hydrogen-bond donors (Lipinski definition) is 0. The number of hydrogen-bond acceptors (Lipinski definition) is 4. The predicted octanol–water partition coefficient (Wildman–Crippen LogP) is 2.70. The smallest absolute Gasteiger partial charge is 0.280 e. The highest BCUT2D eigenvalue weighted by molar-refractivity contribution is 6.04. The van der Waals surface area contributed by atoms with Crippen LogP contribution in [0.1, 0.15) is 28.7 Å². The molecular weight excluding hydrogens is 302 g/mol. The molecule has 122 valence electrons. The van der Waals surface area contributed by atoms with E-state index >= 15 is 0 Å². The van der Waals surface area contributed by atoms with Gasteiger partial charge in [-0.25, -0.2) is 4.68 Å². The van der Waals surface area contributed by atoms with Crippen molar-refractivity contribution in [1.29, 1.82) is 0 Å². The van der Waals surface area contributed by atoms with Gasteiger partial charge in [0, 0.05) is 18.4 Å². The van der Waals surface area contributed by atoms with Crippen LogP contribution in [-0.4, -0.2) is 32.4 Å². The fourth-order valence-corrected chi connectivity index (χ4v) is 2.56. The Kier molecular flexibility index (Phi) is 4.65. The second-order valence-electron chi connectivity index (χ2n) is 5.46. The molecular formula is C18H19N5O. The number of anilines is 1. The number of amides is 1. The molecule has 0 unspecified atom stereocenters. The van der Waals surface area contributed by atoms with Crippen LogP contribution in [0.3, 0.4) is 0 Å². The maximum Gasteiger partial charge on any atom is 0.280 e. The molecule has 6 nitrogen and oxygen atoms in total. The molecule has 2 heterocycles. The van der Waals surface area contributed by atoms with Gasteiger partial charge in [-0.05, 0) is 37.6 Å². The molecule has 0 aliphatic rings. The molecule has 0 saturated carbocycles. The van der Waals surface area contributed by atoms with E-state index in [-0.39, 0.29) is 5.91 Å². The van der Waals surface area contributed by atoms with E-state index in [0.29, 0.717) is 18.8 Å². The van der Waals surface area contributed by atoms with Gasteiger partial charge in [-0.1, -0.05) is 29.5 Å². The summed E-state index contributed by atoms with van der Waals surface area (Å²) in [6.07, 6.45) is 3.40. The van der Waals surface area contributed by atoms with Crippen LogP contribution in [0.25, 0.3) is 0 Å². The standard InChI is InChI=1S/C18H19N5O/c1-3-23(17-10-5-4-8-14(17)2)18(24)16-13-22(21-20-16)12-15-9-6-7-11-19-15/h4-11,13H,3,12H2,1-2H3. The zero-order chi connectivity index (χ0) is 16.9. The van der Waals surface area contributed by atoms with Crippen molar-refractivity contribution in [3.8, 4) is 0 Å². The number of rotatable bonds is 5. The highest BCUT2D eigenvalue weighted by Crippen LogP contribution is 2.20. The number of carbonyl (C=O) groups is 1. The molecule has 24 heavy (non-hydrogen) atoms. The van der Waals surface area contributed by atoms with Gasteiger partial charge in [0.15, 0.2) is 5.69 Å². The van der Waals surface area contributed by atoms with Gasteiger partial charge in [-0.15, -0.1) is 5.10 Å². The fraction of sp³-hybridized carbons (Fsp3) is 0.222. The first kappa shape index (κ1) is 15.9. The molecule has 0 N–H and O–H groups in total. The van der Waals surface area contributed by atoms with Gasteiger partial charge in [-0.3, -0.25) is 9.78 Å². The van der Waals surface area contributed by atoms with Crippen molar-refractivity contribution in [2.45, 2.75) is 20.4 Å². The first-order valence-electron chi connectivity index (χ1n) is 7.86. The number of nitrogens with zero attached hydrogens (tertiary/aromatic N) is 5. The van der Waals surface area contributed by atoms with Crippen LogP contribution in [0.2, 0.25) is 0 Å². The number of aromatic nitrogens is 4. The second-order valence-corrected chi connectivity index (χ2v) is 5.46. The van der Waals surface area contributed by atoms with Gasteiger partial charge < -0.3 is 4.90 Å². The average molecular weight is 321 g/mol. The van der Waals surface area contributed by atoms with Crippen molar-refractivity contribution in [3.63, 3.8) is 0 Å². The molecule has 0 bridgehead atoms. The summed E-state index contributed by atoms with van der Waals surface area (Å²) >= 11 is 0. The summed E-state index contributed by atoms with van der Waals surface area (Å²) in [6, 6.07) is 13.5. The summed E-state index contributed by atoms with van der Waals surface area (Å²) in [6.45, 7) is 4.99. The van der Waals surface area contributed by atoms with E-state index in [1.54, 1.807) is 22.0 Å². The molecule has 3 aromatic rings. The Morgan fingerprint density at radius 1 is 1.17 bits per heavy atom. The fourth-order valence-electron chi connectivity index (χ4n) is 2.56. The number of pyridine rings is 1. The van der Waals surface area contributed by atoms with Crippen LogP contribution in [0, 0.1) is 6.92 Å². The highest BCUT2D eigenvalue weighted by Gasteiger charge is 2.20. The molecule has 6 heteroatoms. The predicted molar refractivity (Wildman–Crippen MR) is 91.9 cm³/mol. The van der Waals surface area contributed by atoms with Crippen LogP contribution >= 0.6 is 0 Å². The highest BCUT2D eigenvalue weighted by atomic mass is 16.2. The third kappa shape index (κ3) is 3.32. The lowest BCUT2D eigenvalue weighted by Gasteiger charge is -2.21. The van der Waals surface area contributed by atoms with Gasteiger partial charge in [0.1, 0.15) is 0 Å². The largest absolute Gasteiger partial charge is 0.307 e. The zero-order valence-electron chi connectivity index (χ0n) is 13.8. The van der Waals surface area contributed by atoms with Crippen molar-refractivity contribution in [2.24, 2.45) is 0 Å². The maximum absolute atomic E-state index is 12.8. The quantitative estimate of drug-likeness (QED) is 0.725. The summed E-state index contributed by atoms with van der Waals surface area (Å²) in [5.41, 5.74) is 3.14. The molecule has 1 aromatic carbocycles. The lowest BCUT2D eigenvalue weighted by molar-refractivity contribution is 0.0983. The maximum atomic E-state index is 12.8. The molecule has 2 aromatic heterocycles. The van der Waals surface area contributed by atoms with Gasteiger partial charge in [-0.2, -0.15) is 0 Å². The van der Waals surface area contributed by atoms with Crippen molar-refractivity contribution in [1.82, 2.24) is 20.0 Å². The first-order valence-corrected chi connectivity index (χ1v) is 7.86. The van der Waals surface area contributed by atoms with E-state index in [4.69, 9.17) is 0 Å². The van der Waals surface area contributed by atoms with Crippen LogP contribution in [0.15, 0.2) is 54.9 Å². The molecule has 0 spiro atoms. The summed E-state index contributed by atoms with van der Waals surface area (Å²) in [5, 5.41) is 8.07. The lowest BCUT2D eigenvalue weighted by atomic mass is 10.1. The van der Waals surface area contributed by atoms with E-state index < -0.39 is 0 Å². The van der Waals surface area contributed by atoms with Crippen LogP contribution in [0.5, 0.6) is 0 Å². The van der Waals surface area contributed by atoms with Gasteiger partial charge in [0.2, 0.25) is 0 Å². The van der Waals surface area contributed by atoms with Crippen LogP contribution < -0.4 is 4.90 Å². The zero-order valence-corrected chi connectivity index (χ0v) is 13.8. The number of aryl methyl sites for hydroxylation is 1. The minimum absolute atomic E-state index is 0.154. The molecule has 0 saturated heterocycles. The van der Waals surface area contributed by atoms with Crippen molar-refractivity contribution in [2.75, 3.05) is 11.4 Å². The molecule has 0 fully saturated rings. The first-order chi connectivity index (χ1) is 11.7. The molecule has 0 aliphatic heterocycles. The summed E-state index contributed by atoms with van der Waals surface area (Å²) in [7, 11) is 0. The molecule has 0 atom stereocenters. The number of para-hydroxylation sites is 1. The summed E-state index contributed by atoms with van der Waals surface area (Å²) in [5.74, 6) is -0.154. The number of benzene rings is 1. The van der Waals surface area contributed by atoms with E-state index in [9.17, 15) is 4.79 Å². The Bertz CT molecular complexity index is 828. The van der Waals surface area contributed by atoms with E-state index in [2.05, 4.69) is 15.3 Å². The van der Waals surface area contributed by atoms with Gasteiger partial charge in [0.05, 0.1) is 18.4 Å². The van der Waals surface area contributed by atoms with E-state index in [1.165, 1.54) is 0 Å². The topological polar surface area (TPSA) is 63.9 Å². The lowest BCUT2D eigenvalue weighted by Crippen LogP contribution is -2.31. The summed E-state index contributed by atoms with van der Waals surface area (Å²) in [4.78, 5) is 18.8. The number of carbonyl (C=O) groups excluding carboxylic acids is 1. The molecule has 0 radical (unpaired) electrons. The SMILES string of the molecule is CCN(C(=O)c1cn(Cc2ccccn2)nn1)c1ccccc1C. The Morgan fingerprint density at radius 3 is 2.67 bits per heavy atom. The Hall–Kier alpha value is -3.02. The molecule has 0 aliphatic carbocycles. The van der Waals surface area contributed by atoms with Gasteiger partial charge >= 0.3 is 0 Å². The molecule has 3 rings (SSSR count). The van der Waals surface area contributed by atoms with Crippen LogP contribution in [-0.2, 0) is 6.54 Å². The van der Waals surface area contributed by atoms with Crippen LogP contribution in [0.4, 0.5) is 5.69 Å². The second kappa shape index (κ2) is 7.04. The Balaban J connectivity index is 1.81. The van der Waals surface area contributed by atoms with Crippen molar-refractivity contribution < 1.29 is 4.79 Å². The summed E-state index contributed by atoms with van der Waals surface area (Å²) < 4.78 is 1.63. The monoisotopic (exact) mass is 321 g/mol. The van der Waals surface area contributed by atoms with Crippen molar-refractivity contribution in [3.05, 3.63) is 71.8 Å². The van der Waals surface area contributed by atoms with Gasteiger partial charge in [0.25, 0.3) is 5.91 Å². The normalized spacial score (nSPS) is 10.6. The van der Waals surface area contributed by atoms with Crippen molar-refractivity contribution >= 4 is 11.6 Å². The Morgan fingerprint density at radius 2 is 1.96 bits per heavy atom. The third-order valence-electron chi connectivity index (χ3n) is 3.78. The molecule has 1 amide bonds. The Labute approximate surface area is 140 Å². The van der Waals surface area contributed by atoms with E-state index in [0.717, 1.165) is 16.9 Å². The minimum atomic E-state index is -0.154. The average Bonchev–Trinajstić information content (AvgIpc) is 3.06. The minimum Gasteiger partial charge on any atom is -0.307 e.